The van der Waals surface area contributed by atoms with E-state index in [9.17, 15) is 0 Å². The maximum atomic E-state index is 5.51. The number of thiophene rings is 1. The van der Waals surface area contributed by atoms with Gasteiger partial charge >= 0.3 is 0 Å². The van der Waals surface area contributed by atoms with Crippen molar-refractivity contribution in [2.45, 2.75) is 40.2 Å². The number of nitrogens with two attached hydrogens (primary N) is 1. The van der Waals surface area contributed by atoms with Crippen LogP contribution in [0.5, 0.6) is 0 Å². The van der Waals surface area contributed by atoms with Gasteiger partial charge in [-0.15, -0.1) is 11.3 Å². The molecule has 1 aromatic rings. The lowest BCUT2D eigenvalue weighted by molar-refractivity contribution is 0.146. The molecule has 0 saturated carbocycles. The first kappa shape index (κ1) is 16.9. The smallest absolute Gasteiger partial charge is 0.206 e. The number of hydrogen-bond acceptors (Lipinski definition) is 4. The average Bonchev–Trinajstić information content (AvgIpc) is 2.76. The topological polar surface area (TPSA) is 71.7 Å². The molecule has 0 fully saturated rings. The van der Waals surface area contributed by atoms with E-state index in [0.29, 0.717) is 12.5 Å². The first-order chi connectivity index (χ1) is 9.58. The molecule has 0 aromatic carbocycles. The molecule has 0 bridgehead atoms. The Bertz CT molecular complexity index is 431. The van der Waals surface area contributed by atoms with Gasteiger partial charge in [-0.2, -0.15) is 0 Å². The van der Waals surface area contributed by atoms with E-state index in [1.807, 2.05) is 18.3 Å². The van der Waals surface area contributed by atoms with E-state index < -0.39 is 0 Å². The van der Waals surface area contributed by atoms with Crippen molar-refractivity contribution in [3.63, 3.8) is 0 Å². The summed E-state index contributed by atoms with van der Waals surface area (Å²) in [5.74, 6) is 6.13. The van der Waals surface area contributed by atoms with Crippen molar-refractivity contribution >= 4 is 17.3 Å². The molecule has 0 aliphatic heterocycles. The van der Waals surface area contributed by atoms with Crippen LogP contribution in [-0.2, 0) is 4.74 Å². The van der Waals surface area contributed by atoms with Crippen molar-refractivity contribution < 1.29 is 4.74 Å². The Balaban J connectivity index is 2.50. The zero-order chi connectivity index (χ0) is 15.0. The van der Waals surface area contributed by atoms with Gasteiger partial charge in [0, 0.05) is 29.5 Å². The van der Waals surface area contributed by atoms with Crippen molar-refractivity contribution in [1.29, 1.82) is 0 Å². The summed E-state index contributed by atoms with van der Waals surface area (Å²) in [6.07, 6.45) is 0.895. The third kappa shape index (κ3) is 5.48. The molecule has 114 valence electrons. The lowest BCUT2D eigenvalue weighted by Crippen LogP contribution is -2.42. The van der Waals surface area contributed by atoms with Crippen LogP contribution in [0.1, 0.15) is 41.6 Å². The number of hydrazine groups is 1. The van der Waals surface area contributed by atoms with Gasteiger partial charge in [-0.1, -0.05) is 0 Å². The Morgan fingerprint density at radius 1 is 1.50 bits per heavy atom. The first-order valence-corrected chi connectivity index (χ1v) is 7.82. The van der Waals surface area contributed by atoms with Gasteiger partial charge in [-0.05, 0) is 45.7 Å². The summed E-state index contributed by atoms with van der Waals surface area (Å²) < 4.78 is 5.28. The first-order valence-electron chi connectivity index (χ1n) is 7.00. The Hall–Kier alpha value is -1.11. The minimum absolute atomic E-state index is 0.182. The number of rotatable bonds is 7. The minimum Gasteiger partial charge on any atom is -0.382 e. The van der Waals surface area contributed by atoms with E-state index in [4.69, 9.17) is 10.6 Å². The van der Waals surface area contributed by atoms with Crippen LogP contribution in [0.15, 0.2) is 11.1 Å². The molecule has 5 nitrogen and oxygen atoms in total. The van der Waals surface area contributed by atoms with E-state index >= 15 is 0 Å². The summed E-state index contributed by atoms with van der Waals surface area (Å²) in [5, 5.41) is 3.31. The molecule has 0 aliphatic carbocycles. The van der Waals surface area contributed by atoms with Gasteiger partial charge in [0.1, 0.15) is 0 Å². The van der Waals surface area contributed by atoms with Crippen molar-refractivity contribution in [2.24, 2.45) is 10.8 Å². The third-order valence-corrected chi connectivity index (χ3v) is 3.94. The second kappa shape index (κ2) is 8.94. The molecular weight excluding hydrogens is 272 g/mol. The molecule has 4 N–H and O–H groups in total. The third-order valence-electron chi connectivity index (χ3n) is 2.96. The summed E-state index contributed by atoms with van der Waals surface area (Å²) in [4.78, 5) is 7.06. The predicted molar refractivity (Wildman–Crippen MR) is 86.1 cm³/mol. The normalized spacial score (nSPS) is 13.3. The van der Waals surface area contributed by atoms with Crippen LogP contribution >= 0.6 is 11.3 Å². The Morgan fingerprint density at radius 3 is 2.80 bits per heavy atom. The summed E-state index contributed by atoms with van der Waals surface area (Å²) >= 11 is 1.81. The van der Waals surface area contributed by atoms with Crippen LogP contribution in [0.25, 0.3) is 0 Å². The van der Waals surface area contributed by atoms with Gasteiger partial charge in [0.2, 0.25) is 5.96 Å². The quantitative estimate of drug-likeness (QED) is 0.237. The van der Waals surface area contributed by atoms with Gasteiger partial charge in [0.05, 0.1) is 6.04 Å². The molecule has 0 radical (unpaired) electrons. The Labute approximate surface area is 125 Å². The number of aliphatic imine (C=N–C) groups is 1. The van der Waals surface area contributed by atoms with E-state index in [1.54, 1.807) is 0 Å². The second-order valence-electron chi connectivity index (χ2n) is 4.66. The van der Waals surface area contributed by atoms with Crippen LogP contribution < -0.4 is 16.6 Å². The van der Waals surface area contributed by atoms with E-state index in [0.717, 1.165) is 19.6 Å². The van der Waals surface area contributed by atoms with Crippen LogP contribution in [-0.4, -0.2) is 25.7 Å². The summed E-state index contributed by atoms with van der Waals surface area (Å²) in [6, 6.07) is 2.39. The maximum absolute atomic E-state index is 5.51. The molecule has 0 aliphatic rings. The number of guanidine groups is 1. The Kier molecular flexibility index (Phi) is 7.58. The summed E-state index contributed by atoms with van der Waals surface area (Å²) in [7, 11) is 0. The number of nitrogens with zero attached hydrogens (tertiary/aromatic N) is 1. The predicted octanol–water partition coefficient (Wildman–Crippen LogP) is 2.26. The lowest BCUT2D eigenvalue weighted by atomic mass is 10.1. The largest absolute Gasteiger partial charge is 0.382 e. The van der Waals surface area contributed by atoms with Gasteiger partial charge in [0.15, 0.2) is 0 Å². The van der Waals surface area contributed by atoms with Gasteiger partial charge in [-0.25, -0.2) is 5.84 Å². The van der Waals surface area contributed by atoms with Gasteiger partial charge < -0.3 is 10.1 Å². The van der Waals surface area contributed by atoms with Crippen molar-refractivity contribution in [1.82, 2.24) is 10.7 Å². The van der Waals surface area contributed by atoms with Crippen LogP contribution in [0.3, 0.4) is 0 Å². The SMILES string of the molecule is CCOCCCN=C(NN)NC(C)c1cc(C)sc1C. The summed E-state index contributed by atoms with van der Waals surface area (Å²) in [6.45, 7) is 10.5. The fourth-order valence-corrected chi connectivity index (χ4v) is 3.02. The Morgan fingerprint density at radius 2 is 2.25 bits per heavy atom. The maximum Gasteiger partial charge on any atom is 0.206 e. The molecule has 1 aromatic heterocycles. The molecule has 1 rings (SSSR count). The van der Waals surface area contributed by atoms with E-state index in [2.05, 4.69) is 42.6 Å². The zero-order valence-electron chi connectivity index (χ0n) is 12.8. The molecule has 1 heterocycles. The molecule has 0 spiro atoms. The monoisotopic (exact) mass is 298 g/mol. The zero-order valence-corrected chi connectivity index (χ0v) is 13.6. The highest BCUT2D eigenvalue weighted by Gasteiger charge is 2.12. The molecule has 20 heavy (non-hydrogen) atoms. The molecular formula is C14H26N4OS. The highest BCUT2D eigenvalue weighted by Crippen LogP contribution is 2.25. The molecule has 0 amide bonds. The molecule has 1 atom stereocenters. The van der Waals surface area contributed by atoms with E-state index in [-0.39, 0.29) is 6.04 Å². The van der Waals surface area contributed by atoms with Crippen molar-refractivity contribution in [3.8, 4) is 0 Å². The fourth-order valence-electron chi connectivity index (χ4n) is 2.00. The molecule has 6 heteroatoms. The van der Waals surface area contributed by atoms with Crippen LogP contribution in [0.2, 0.25) is 0 Å². The van der Waals surface area contributed by atoms with Crippen molar-refractivity contribution in [3.05, 3.63) is 21.4 Å². The lowest BCUT2D eigenvalue weighted by Gasteiger charge is -2.16. The van der Waals surface area contributed by atoms with Gasteiger partial charge in [0.25, 0.3) is 0 Å². The average molecular weight is 298 g/mol. The number of aryl methyl sites for hydroxylation is 2. The van der Waals surface area contributed by atoms with Crippen LogP contribution in [0, 0.1) is 13.8 Å². The number of nitrogens with one attached hydrogen (secondary N) is 2. The highest BCUT2D eigenvalue weighted by molar-refractivity contribution is 7.12. The van der Waals surface area contributed by atoms with E-state index in [1.165, 1.54) is 15.3 Å². The standard InChI is InChI=1S/C14H26N4OS/c1-5-19-8-6-7-16-14(18-15)17-11(3)13-9-10(2)20-12(13)4/h9,11H,5-8,15H2,1-4H3,(H2,16,17,18). The fraction of sp³-hybridized carbons (Fsp3) is 0.643. The van der Waals surface area contributed by atoms with Crippen LogP contribution in [0.4, 0.5) is 0 Å². The summed E-state index contributed by atoms with van der Waals surface area (Å²) in [5.41, 5.74) is 3.92. The number of hydrogen-bond donors (Lipinski definition) is 3. The molecule has 1 unspecified atom stereocenters. The van der Waals surface area contributed by atoms with Gasteiger partial charge in [-0.3, -0.25) is 10.4 Å². The minimum atomic E-state index is 0.182. The van der Waals surface area contributed by atoms with Crippen molar-refractivity contribution in [2.75, 3.05) is 19.8 Å². The second-order valence-corrected chi connectivity index (χ2v) is 6.12. The molecule has 0 saturated heterocycles. The highest BCUT2D eigenvalue weighted by atomic mass is 32.1. The number of ether oxygens (including phenoxy) is 1.